The van der Waals surface area contributed by atoms with Gasteiger partial charge in [0.15, 0.2) is 5.82 Å². The van der Waals surface area contributed by atoms with E-state index in [0.717, 1.165) is 9.75 Å². The van der Waals surface area contributed by atoms with E-state index in [0.29, 0.717) is 16.4 Å². The molecule has 0 aliphatic heterocycles. The van der Waals surface area contributed by atoms with Crippen molar-refractivity contribution < 1.29 is 5.11 Å². The van der Waals surface area contributed by atoms with Gasteiger partial charge in [0, 0.05) is 15.5 Å². The monoisotopic (exact) mass is 318 g/mol. The molecule has 0 amide bonds. The van der Waals surface area contributed by atoms with Crippen molar-refractivity contribution >= 4 is 22.9 Å². The maximum atomic E-state index is 12.3. The molecule has 0 bridgehead atoms. The third kappa shape index (κ3) is 2.57. The van der Waals surface area contributed by atoms with Gasteiger partial charge in [0.05, 0.1) is 4.88 Å². The molecule has 0 atom stereocenters. The average molecular weight is 319 g/mol. The maximum Gasteiger partial charge on any atom is 0.263 e. The third-order valence-corrected chi connectivity index (χ3v) is 4.35. The van der Waals surface area contributed by atoms with Crippen LogP contribution in [0.2, 0.25) is 5.02 Å². The van der Waals surface area contributed by atoms with Crippen LogP contribution in [0.4, 0.5) is 0 Å². The number of aromatic amines is 1. The Morgan fingerprint density at radius 1 is 1.24 bits per heavy atom. The van der Waals surface area contributed by atoms with Gasteiger partial charge < -0.3 is 10.1 Å². The summed E-state index contributed by atoms with van der Waals surface area (Å²) in [4.78, 5) is 21.0. The SMILES string of the molecule is Cc1ccc(-c2nc(O)c(-c3ccccc3Cl)c(=O)[nH]2)s1. The van der Waals surface area contributed by atoms with E-state index >= 15 is 0 Å². The van der Waals surface area contributed by atoms with Gasteiger partial charge in [0.1, 0.15) is 5.56 Å². The Morgan fingerprint density at radius 2 is 2.00 bits per heavy atom. The van der Waals surface area contributed by atoms with Crippen molar-refractivity contribution in [3.63, 3.8) is 0 Å². The number of hydrogen-bond donors (Lipinski definition) is 2. The van der Waals surface area contributed by atoms with E-state index in [-0.39, 0.29) is 11.4 Å². The number of aromatic hydroxyl groups is 1. The molecule has 3 aromatic rings. The van der Waals surface area contributed by atoms with Crippen molar-refractivity contribution in [3.05, 3.63) is 56.7 Å². The smallest absolute Gasteiger partial charge is 0.263 e. The number of nitrogens with one attached hydrogen (secondary N) is 1. The predicted octanol–water partition coefficient (Wildman–Crippen LogP) is 3.83. The number of hydrogen-bond acceptors (Lipinski definition) is 4. The second kappa shape index (κ2) is 5.35. The van der Waals surface area contributed by atoms with Crippen molar-refractivity contribution in [1.82, 2.24) is 9.97 Å². The Bertz CT molecular complexity index is 870. The minimum Gasteiger partial charge on any atom is -0.493 e. The lowest BCUT2D eigenvalue weighted by Crippen LogP contribution is -2.12. The Labute approximate surface area is 129 Å². The molecule has 21 heavy (non-hydrogen) atoms. The normalized spacial score (nSPS) is 10.8. The molecule has 0 aliphatic carbocycles. The molecule has 0 unspecified atom stereocenters. The first-order valence-electron chi connectivity index (χ1n) is 6.21. The zero-order valence-corrected chi connectivity index (χ0v) is 12.6. The fourth-order valence-corrected chi connectivity index (χ4v) is 3.09. The zero-order chi connectivity index (χ0) is 15.0. The second-order valence-electron chi connectivity index (χ2n) is 4.50. The Balaban J connectivity index is 2.18. The van der Waals surface area contributed by atoms with Gasteiger partial charge in [-0.3, -0.25) is 4.79 Å². The van der Waals surface area contributed by atoms with E-state index in [4.69, 9.17) is 11.6 Å². The summed E-state index contributed by atoms with van der Waals surface area (Å²) >= 11 is 7.57. The number of H-pyrrole nitrogens is 1. The Morgan fingerprint density at radius 3 is 2.62 bits per heavy atom. The summed E-state index contributed by atoms with van der Waals surface area (Å²) in [5, 5.41) is 10.5. The highest BCUT2D eigenvalue weighted by molar-refractivity contribution is 7.15. The molecule has 0 saturated heterocycles. The molecule has 2 heterocycles. The standard InChI is InChI=1S/C15H11ClN2O2S/c1-8-6-7-11(21-8)13-17-14(19)12(15(20)18-13)9-4-2-3-5-10(9)16/h2-7H,1H3,(H2,17,18,19,20). The predicted molar refractivity (Wildman–Crippen MR) is 85.0 cm³/mol. The van der Waals surface area contributed by atoms with Gasteiger partial charge >= 0.3 is 0 Å². The van der Waals surface area contributed by atoms with E-state index in [1.54, 1.807) is 24.3 Å². The lowest BCUT2D eigenvalue weighted by molar-refractivity contribution is 0.454. The molecule has 0 aliphatic rings. The van der Waals surface area contributed by atoms with Crippen molar-refractivity contribution in [2.45, 2.75) is 6.92 Å². The fraction of sp³-hybridized carbons (Fsp3) is 0.0667. The topological polar surface area (TPSA) is 66.0 Å². The van der Waals surface area contributed by atoms with Crippen LogP contribution in [-0.2, 0) is 0 Å². The zero-order valence-electron chi connectivity index (χ0n) is 11.1. The quantitative estimate of drug-likeness (QED) is 0.754. The van der Waals surface area contributed by atoms with Gasteiger partial charge in [-0.1, -0.05) is 29.8 Å². The van der Waals surface area contributed by atoms with Crippen molar-refractivity contribution in [2.75, 3.05) is 0 Å². The first kappa shape index (κ1) is 13.9. The molecule has 0 saturated carbocycles. The number of aromatic nitrogens is 2. The highest BCUT2D eigenvalue weighted by Gasteiger charge is 2.16. The summed E-state index contributed by atoms with van der Waals surface area (Å²) in [7, 11) is 0. The van der Waals surface area contributed by atoms with Gasteiger partial charge in [-0.05, 0) is 25.1 Å². The average Bonchev–Trinajstić information content (AvgIpc) is 2.87. The summed E-state index contributed by atoms with van der Waals surface area (Å²) in [5.74, 6) is 0.0271. The molecule has 2 aromatic heterocycles. The van der Waals surface area contributed by atoms with Crippen molar-refractivity contribution in [1.29, 1.82) is 0 Å². The first-order valence-corrected chi connectivity index (χ1v) is 7.40. The molecular formula is C15H11ClN2O2S. The Kier molecular flexibility index (Phi) is 3.53. The first-order chi connectivity index (χ1) is 10.1. The van der Waals surface area contributed by atoms with Gasteiger partial charge in [0.2, 0.25) is 5.88 Å². The number of rotatable bonds is 2. The summed E-state index contributed by atoms with van der Waals surface area (Å²) < 4.78 is 0. The molecule has 1 aromatic carbocycles. The van der Waals surface area contributed by atoms with Gasteiger partial charge in [-0.25, -0.2) is 0 Å². The van der Waals surface area contributed by atoms with Gasteiger partial charge in [-0.15, -0.1) is 11.3 Å². The minimum absolute atomic E-state index is 0.0811. The van der Waals surface area contributed by atoms with Crippen molar-refractivity contribution in [2.24, 2.45) is 0 Å². The molecular weight excluding hydrogens is 308 g/mol. The van der Waals surface area contributed by atoms with E-state index in [2.05, 4.69) is 9.97 Å². The maximum absolute atomic E-state index is 12.3. The minimum atomic E-state index is -0.420. The largest absolute Gasteiger partial charge is 0.493 e. The van der Waals surface area contributed by atoms with Crippen LogP contribution in [0, 0.1) is 6.92 Å². The molecule has 0 spiro atoms. The highest BCUT2D eigenvalue weighted by Crippen LogP contribution is 2.32. The number of nitrogens with zero attached hydrogens (tertiary/aromatic N) is 1. The lowest BCUT2D eigenvalue weighted by atomic mass is 10.1. The summed E-state index contributed by atoms with van der Waals surface area (Å²) in [6.07, 6.45) is 0. The van der Waals surface area contributed by atoms with E-state index in [9.17, 15) is 9.90 Å². The van der Waals surface area contributed by atoms with Crippen molar-refractivity contribution in [3.8, 4) is 27.7 Å². The fourth-order valence-electron chi connectivity index (χ4n) is 2.05. The van der Waals surface area contributed by atoms with Crippen LogP contribution in [0.3, 0.4) is 0 Å². The molecule has 0 fully saturated rings. The molecule has 2 N–H and O–H groups in total. The van der Waals surface area contributed by atoms with Crippen LogP contribution in [0.25, 0.3) is 21.8 Å². The summed E-state index contributed by atoms with van der Waals surface area (Å²) in [6.45, 7) is 1.96. The molecule has 6 heteroatoms. The van der Waals surface area contributed by atoms with E-state index in [1.165, 1.54) is 11.3 Å². The molecule has 0 radical (unpaired) electrons. The molecule has 4 nitrogen and oxygen atoms in total. The summed E-state index contributed by atoms with van der Waals surface area (Å²) in [5.41, 5.74) is 0.119. The molecule has 106 valence electrons. The van der Waals surface area contributed by atoms with E-state index in [1.807, 2.05) is 19.1 Å². The number of benzene rings is 1. The van der Waals surface area contributed by atoms with Crippen LogP contribution < -0.4 is 5.56 Å². The number of halogens is 1. The Hall–Kier alpha value is -2.11. The third-order valence-electron chi connectivity index (χ3n) is 3.02. The number of aryl methyl sites for hydroxylation is 1. The number of thiophene rings is 1. The highest BCUT2D eigenvalue weighted by atomic mass is 35.5. The molecule has 3 rings (SSSR count). The van der Waals surface area contributed by atoms with Crippen LogP contribution in [0.15, 0.2) is 41.2 Å². The van der Waals surface area contributed by atoms with E-state index < -0.39 is 5.56 Å². The van der Waals surface area contributed by atoms with Gasteiger partial charge in [-0.2, -0.15) is 4.98 Å². The van der Waals surface area contributed by atoms with Crippen LogP contribution >= 0.6 is 22.9 Å². The summed E-state index contributed by atoms with van der Waals surface area (Å²) in [6, 6.07) is 10.6. The second-order valence-corrected chi connectivity index (χ2v) is 6.20. The van der Waals surface area contributed by atoms with Crippen LogP contribution in [0.5, 0.6) is 5.88 Å². The lowest BCUT2D eigenvalue weighted by Gasteiger charge is -2.06. The van der Waals surface area contributed by atoms with Crippen LogP contribution in [0.1, 0.15) is 4.88 Å². The van der Waals surface area contributed by atoms with Crippen LogP contribution in [-0.4, -0.2) is 15.1 Å². The van der Waals surface area contributed by atoms with Gasteiger partial charge in [0.25, 0.3) is 5.56 Å².